The van der Waals surface area contributed by atoms with Gasteiger partial charge in [-0.2, -0.15) is 5.10 Å². The highest BCUT2D eigenvalue weighted by molar-refractivity contribution is 6.00. The van der Waals surface area contributed by atoms with Gasteiger partial charge in [0.1, 0.15) is 30.5 Å². The highest BCUT2D eigenvalue weighted by Crippen LogP contribution is 2.22. The number of carbonyl (C=O) groups is 3. The van der Waals surface area contributed by atoms with Gasteiger partial charge in [-0.25, -0.2) is 14.1 Å². The van der Waals surface area contributed by atoms with Crippen LogP contribution in [0.2, 0.25) is 0 Å². The fourth-order valence-corrected chi connectivity index (χ4v) is 4.94. The van der Waals surface area contributed by atoms with E-state index >= 15 is 0 Å². The second kappa shape index (κ2) is 13.9. The molecule has 0 saturated carbocycles. The summed E-state index contributed by atoms with van der Waals surface area (Å²) in [6, 6.07) is 9.88. The summed E-state index contributed by atoms with van der Waals surface area (Å²) >= 11 is 0. The number of aromatic amines is 1. The van der Waals surface area contributed by atoms with Crippen molar-refractivity contribution < 1.29 is 23.5 Å². The number of aromatic nitrogens is 6. The maximum Gasteiger partial charge on any atom is 0.255 e. The number of nitrogens with zero attached hydrogens (tertiary/aromatic N) is 6. The molecule has 0 aliphatic carbocycles. The molecule has 1 atom stereocenters. The van der Waals surface area contributed by atoms with E-state index in [1.54, 1.807) is 34.0 Å². The van der Waals surface area contributed by atoms with Gasteiger partial charge in [0.2, 0.25) is 5.91 Å². The summed E-state index contributed by atoms with van der Waals surface area (Å²) in [5, 5.41) is 20.7. The lowest BCUT2D eigenvalue weighted by Gasteiger charge is -2.25. The fourth-order valence-electron chi connectivity index (χ4n) is 4.94. The lowest BCUT2D eigenvalue weighted by Crippen LogP contribution is -2.49. The third kappa shape index (κ3) is 7.43. The topological polar surface area (TPSA) is 160 Å². The molecule has 44 heavy (non-hydrogen) atoms. The average Bonchev–Trinajstić information content (AvgIpc) is 3.71. The van der Waals surface area contributed by atoms with Gasteiger partial charge in [0, 0.05) is 37.8 Å². The van der Waals surface area contributed by atoms with Crippen molar-refractivity contribution in [1.29, 1.82) is 0 Å². The van der Waals surface area contributed by atoms with Crippen LogP contribution in [0.15, 0.2) is 55.0 Å². The van der Waals surface area contributed by atoms with Crippen molar-refractivity contribution in [1.82, 2.24) is 45.7 Å². The van der Waals surface area contributed by atoms with E-state index in [9.17, 15) is 18.8 Å². The van der Waals surface area contributed by atoms with Crippen molar-refractivity contribution in [2.24, 2.45) is 5.92 Å². The lowest BCUT2D eigenvalue weighted by atomic mass is 10.0. The van der Waals surface area contributed by atoms with E-state index < -0.39 is 23.7 Å². The van der Waals surface area contributed by atoms with Crippen LogP contribution in [0, 0.1) is 11.7 Å². The van der Waals surface area contributed by atoms with E-state index in [2.05, 4.69) is 36.1 Å². The molecule has 0 unspecified atom stereocenters. The van der Waals surface area contributed by atoms with Crippen LogP contribution in [0.4, 0.5) is 4.39 Å². The highest BCUT2D eigenvalue weighted by atomic mass is 19.1. The first-order valence-electron chi connectivity index (χ1n) is 14.4. The number of H-pyrrole nitrogens is 1. The molecule has 3 N–H and O–H groups in total. The molecule has 2 bridgehead atoms. The van der Waals surface area contributed by atoms with Gasteiger partial charge in [-0.3, -0.25) is 19.5 Å². The molecule has 0 spiro atoms. The second-order valence-corrected chi connectivity index (χ2v) is 10.8. The Kier molecular flexibility index (Phi) is 9.57. The molecule has 0 saturated heterocycles. The van der Waals surface area contributed by atoms with Crippen LogP contribution in [0.1, 0.15) is 46.7 Å². The number of halogens is 1. The Balaban J connectivity index is 1.41. The van der Waals surface area contributed by atoms with Crippen LogP contribution in [-0.4, -0.2) is 85.1 Å². The van der Waals surface area contributed by atoms with Crippen LogP contribution in [-0.2, 0) is 17.8 Å². The smallest absolute Gasteiger partial charge is 0.255 e. The number of ether oxygens (including phenoxy) is 1. The molecule has 1 aliphatic rings. The SMILES string of the molecule is CC(C)C[C@H]1NC(=O)c2cc(F)ccc2OCCn2cc(nn2)CCN(C(=O)c2ccccc2-c2ncn[nH]2)CCNC1=O. The molecule has 3 heterocycles. The minimum Gasteiger partial charge on any atom is -0.491 e. The van der Waals surface area contributed by atoms with Gasteiger partial charge in [-0.15, -0.1) is 5.10 Å². The molecule has 2 aromatic carbocycles. The van der Waals surface area contributed by atoms with E-state index in [1.807, 2.05) is 19.9 Å². The van der Waals surface area contributed by atoms with Gasteiger partial charge >= 0.3 is 0 Å². The van der Waals surface area contributed by atoms with Crippen molar-refractivity contribution >= 4 is 17.7 Å². The number of nitrogens with one attached hydrogen (secondary N) is 3. The molecule has 2 aromatic heterocycles. The molecule has 3 amide bonds. The van der Waals surface area contributed by atoms with Crippen LogP contribution in [0.5, 0.6) is 5.75 Å². The van der Waals surface area contributed by atoms with Gasteiger partial charge in [0.15, 0.2) is 5.82 Å². The molecule has 13 nitrogen and oxygen atoms in total. The zero-order valence-corrected chi connectivity index (χ0v) is 24.5. The Labute approximate surface area is 253 Å². The Morgan fingerprint density at radius 2 is 1.95 bits per heavy atom. The number of hydrogen-bond donors (Lipinski definition) is 3. The van der Waals surface area contributed by atoms with E-state index in [-0.39, 0.29) is 42.8 Å². The third-order valence-electron chi connectivity index (χ3n) is 7.11. The number of amides is 3. The zero-order valence-electron chi connectivity index (χ0n) is 24.5. The Morgan fingerprint density at radius 3 is 2.75 bits per heavy atom. The van der Waals surface area contributed by atoms with E-state index in [1.165, 1.54) is 18.5 Å². The normalized spacial score (nSPS) is 16.7. The maximum atomic E-state index is 14.2. The largest absolute Gasteiger partial charge is 0.491 e. The predicted octanol–water partition coefficient (Wildman–Crippen LogP) is 2.24. The predicted molar refractivity (Wildman–Crippen MR) is 157 cm³/mol. The Morgan fingerprint density at radius 1 is 1.11 bits per heavy atom. The van der Waals surface area contributed by atoms with Gasteiger partial charge in [-0.05, 0) is 36.6 Å². The van der Waals surface area contributed by atoms with Crippen LogP contribution < -0.4 is 15.4 Å². The molecule has 230 valence electrons. The van der Waals surface area contributed by atoms with Crippen LogP contribution in [0.25, 0.3) is 11.4 Å². The molecule has 0 radical (unpaired) electrons. The minimum atomic E-state index is -0.890. The minimum absolute atomic E-state index is 0.0193. The van der Waals surface area contributed by atoms with Crippen molar-refractivity contribution in [2.45, 2.75) is 39.3 Å². The summed E-state index contributed by atoms with van der Waals surface area (Å²) in [5.41, 5.74) is 1.67. The van der Waals surface area contributed by atoms with E-state index in [0.29, 0.717) is 48.6 Å². The molecular formula is C30H34FN9O4. The number of rotatable bonds is 4. The molecule has 14 heteroatoms. The standard InChI is InChI=1S/C30H34FN9O4/c1-19(2)15-25-29(42)32-10-12-39(30(43)23-6-4-3-5-22(23)27-33-18-34-37-27)11-9-21-17-40(38-36-21)13-14-44-26-8-7-20(31)16-24(26)28(41)35-25/h3-8,16-19,25H,9-15H2,1-2H3,(H,32,42)(H,35,41)(H,33,34,37)/t25-/m1/s1. The number of fused-ring (bicyclic) bond motifs is 3. The Hall–Kier alpha value is -5.14. The van der Waals surface area contributed by atoms with Crippen molar-refractivity contribution in [3.05, 3.63) is 77.6 Å². The van der Waals surface area contributed by atoms with Crippen molar-refractivity contribution in [3.8, 4) is 17.1 Å². The van der Waals surface area contributed by atoms with Crippen molar-refractivity contribution in [2.75, 3.05) is 26.2 Å². The van der Waals surface area contributed by atoms with Gasteiger partial charge in [0.25, 0.3) is 11.8 Å². The summed E-state index contributed by atoms with van der Waals surface area (Å²) in [6.45, 7) is 4.93. The van der Waals surface area contributed by atoms with Gasteiger partial charge in [0.05, 0.1) is 23.4 Å². The first kappa shape index (κ1) is 30.3. The van der Waals surface area contributed by atoms with E-state index in [4.69, 9.17) is 4.74 Å². The molecule has 0 fully saturated rings. The molecular weight excluding hydrogens is 569 g/mol. The number of benzene rings is 2. The molecule has 1 aliphatic heterocycles. The Bertz CT molecular complexity index is 1610. The molecule has 4 aromatic rings. The van der Waals surface area contributed by atoms with E-state index in [0.717, 1.165) is 6.07 Å². The van der Waals surface area contributed by atoms with Gasteiger partial charge < -0.3 is 20.3 Å². The summed E-state index contributed by atoms with van der Waals surface area (Å²) in [4.78, 5) is 46.3. The number of carbonyl (C=O) groups excluding carboxylic acids is 3. The zero-order chi connectivity index (χ0) is 31.1. The number of hydrogen-bond acceptors (Lipinski definition) is 8. The quantitative estimate of drug-likeness (QED) is 0.320. The first-order chi connectivity index (χ1) is 21.3. The fraction of sp³-hybridized carbons (Fsp3) is 0.367. The summed E-state index contributed by atoms with van der Waals surface area (Å²) in [7, 11) is 0. The van der Waals surface area contributed by atoms with Crippen LogP contribution >= 0.6 is 0 Å². The van der Waals surface area contributed by atoms with Gasteiger partial charge in [-0.1, -0.05) is 37.3 Å². The third-order valence-corrected chi connectivity index (χ3v) is 7.11. The average molecular weight is 604 g/mol. The van der Waals surface area contributed by atoms with Crippen molar-refractivity contribution in [3.63, 3.8) is 0 Å². The first-order valence-corrected chi connectivity index (χ1v) is 14.4. The molecule has 5 rings (SSSR count). The summed E-state index contributed by atoms with van der Waals surface area (Å²) < 4.78 is 21.6. The highest BCUT2D eigenvalue weighted by Gasteiger charge is 2.26. The lowest BCUT2D eigenvalue weighted by molar-refractivity contribution is -0.123. The monoisotopic (exact) mass is 603 g/mol. The summed E-state index contributed by atoms with van der Waals surface area (Å²) in [6.07, 6.45) is 3.90. The maximum absolute atomic E-state index is 14.2. The van der Waals surface area contributed by atoms with Crippen LogP contribution in [0.3, 0.4) is 0 Å². The second-order valence-electron chi connectivity index (χ2n) is 10.8. The summed E-state index contributed by atoms with van der Waals surface area (Å²) in [5.74, 6) is -1.19.